The molecule has 0 bridgehead atoms. The van der Waals surface area contributed by atoms with E-state index in [0.29, 0.717) is 0 Å². The molecule has 1 atom stereocenters. The fourth-order valence-electron chi connectivity index (χ4n) is 0.281. The molecule has 0 saturated heterocycles. The summed E-state index contributed by atoms with van der Waals surface area (Å²) in [5, 5.41) is 16.5. The molecule has 0 aromatic heterocycles. The van der Waals surface area contributed by atoms with Crippen molar-refractivity contribution in [3.05, 3.63) is 0 Å². The number of carboxylic acid groups (broad SMARTS) is 1. The zero-order valence-corrected chi connectivity index (χ0v) is 4.37. The molecule has 50 valence electrons. The first-order valence-electron chi connectivity index (χ1n) is 2.29. The van der Waals surface area contributed by atoms with E-state index in [-0.39, 0.29) is 42.5 Å². The van der Waals surface area contributed by atoms with Crippen molar-refractivity contribution >= 4 is 35.5 Å². The molecule has 4 nitrogen and oxygen atoms in total. The third kappa shape index (κ3) is 6.27. The number of aliphatic hydroxyl groups is 1. The van der Waals surface area contributed by atoms with E-state index in [1.165, 1.54) is 0 Å². The van der Waals surface area contributed by atoms with E-state index in [1.807, 2.05) is 0 Å². The minimum atomic E-state index is -1.29. The van der Waals surface area contributed by atoms with Crippen molar-refractivity contribution in [1.29, 1.82) is 0 Å². The number of aliphatic carboxylic acids is 1. The molecule has 9 heavy (non-hydrogen) atoms. The molecule has 0 heterocycles. The quantitative estimate of drug-likeness (QED) is 0.404. The maximum atomic E-state index is 9.78. The van der Waals surface area contributed by atoms with Gasteiger partial charge < -0.3 is 15.9 Å². The van der Waals surface area contributed by atoms with Crippen LogP contribution in [0, 0.1) is 0 Å². The van der Waals surface area contributed by atoms with Crippen LogP contribution in [0.15, 0.2) is 0 Å². The fraction of sp³-hybridized carbons (Fsp3) is 0.750. The van der Waals surface area contributed by atoms with E-state index < -0.39 is 12.1 Å². The summed E-state index contributed by atoms with van der Waals surface area (Å²) in [5.74, 6) is -1.21. The van der Waals surface area contributed by atoms with Gasteiger partial charge in [-0.3, -0.25) is 0 Å². The van der Waals surface area contributed by atoms with Crippen molar-refractivity contribution in [1.82, 2.24) is 0 Å². The van der Waals surface area contributed by atoms with Crippen molar-refractivity contribution < 1.29 is 15.0 Å². The number of hydrogen-bond acceptors (Lipinski definition) is 3. The number of carbonyl (C=O) groups is 1. The molecule has 4 N–H and O–H groups in total. The summed E-state index contributed by atoms with van der Waals surface area (Å²) in [5.41, 5.74) is 4.94. The molecule has 0 radical (unpaired) electrons. The Bertz CT molecular complexity index is 87.9. The van der Waals surface area contributed by atoms with E-state index in [4.69, 9.17) is 15.9 Å². The number of hydrogen-bond donors (Lipinski definition) is 3. The number of nitrogens with two attached hydrogens (primary N) is 1. The number of aliphatic hydroxyl groups excluding tert-OH is 1. The Morgan fingerprint density at radius 1 is 1.67 bits per heavy atom. The second-order valence-corrected chi connectivity index (χ2v) is 1.43. The Morgan fingerprint density at radius 2 is 2.11 bits per heavy atom. The molecule has 0 spiro atoms. The summed E-state index contributed by atoms with van der Waals surface area (Å²) in [6, 6.07) is 0. The zero-order chi connectivity index (χ0) is 6.57. The minimum absolute atomic E-state index is 0. The van der Waals surface area contributed by atoms with Gasteiger partial charge in [-0.05, 0) is 13.0 Å². The van der Waals surface area contributed by atoms with Crippen LogP contribution in [0.4, 0.5) is 0 Å². The van der Waals surface area contributed by atoms with Crippen LogP contribution in [-0.4, -0.2) is 58.4 Å². The third-order valence-electron chi connectivity index (χ3n) is 0.725. The molecule has 0 rings (SSSR count). The predicted octanol–water partition coefficient (Wildman–Crippen LogP) is -1.87. The van der Waals surface area contributed by atoms with Crippen molar-refractivity contribution in [3.63, 3.8) is 0 Å². The molecule has 0 unspecified atom stereocenters. The van der Waals surface area contributed by atoms with Gasteiger partial charge in [-0.15, -0.1) is 0 Å². The van der Waals surface area contributed by atoms with Crippen molar-refractivity contribution in [2.45, 2.75) is 12.5 Å². The van der Waals surface area contributed by atoms with Crippen LogP contribution in [0.2, 0.25) is 0 Å². The van der Waals surface area contributed by atoms with Crippen LogP contribution in [0.3, 0.4) is 0 Å². The average Bonchev–Trinajstić information content (AvgIpc) is 1.67. The molecular formula is C4H10NNaO3. The average molecular weight is 143 g/mol. The first kappa shape index (κ1) is 12.1. The van der Waals surface area contributed by atoms with Gasteiger partial charge in [0.25, 0.3) is 0 Å². The second-order valence-electron chi connectivity index (χ2n) is 1.43. The Kier molecular flexibility index (Phi) is 8.75. The van der Waals surface area contributed by atoms with Crippen LogP contribution >= 0.6 is 0 Å². The predicted molar refractivity (Wildman–Crippen MR) is 34.5 cm³/mol. The van der Waals surface area contributed by atoms with Gasteiger partial charge in [0.05, 0.1) is 0 Å². The monoisotopic (exact) mass is 143 g/mol. The van der Waals surface area contributed by atoms with Crippen LogP contribution in [0.25, 0.3) is 0 Å². The molecule has 0 aliphatic rings. The molecule has 0 amide bonds. The first-order chi connectivity index (χ1) is 3.68. The number of carboxylic acids is 1. The van der Waals surface area contributed by atoms with Gasteiger partial charge in [0.2, 0.25) is 0 Å². The van der Waals surface area contributed by atoms with Gasteiger partial charge in [-0.2, -0.15) is 0 Å². The topological polar surface area (TPSA) is 83.5 Å². The Labute approximate surface area is 75.3 Å². The molecule has 0 saturated carbocycles. The van der Waals surface area contributed by atoms with Gasteiger partial charge in [-0.25, -0.2) is 4.79 Å². The number of rotatable bonds is 3. The molecule has 0 aromatic rings. The zero-order valence-electron chi connectivity index (χ0n) is 4.37. The normalized spacial score (nSPS) is 11.8. The van der Waals surface area contributed by atoms with Crippen LogP contribution in [-0.2, 0) is 4.79 Å². The first-order valence-corrected chi connectivity index (χ1v) is 2.29. The maximum absolute atomic E-state index is 9.78. The summed E-state index contributed by atoms with van der Waals surface area (Å²) in [6.07, 6.45) is -1.17. The summed E-state index contributed by atoms with van der Waals surface area (Å²) in [4.78, 5) is 9.78. The van der Waals surface area contributed by atoms with Gasteiger partial charge in [0.1, 0.15) is 0 Å². The third-order valence-corrected chi connectivity index (χ3v) is 0.725. The fourth-order valence-corrected chi connectivity index (χ4v) is 0.281. The standard InChI is InChI=1S/C4H9NO3.Na.H/c5-2-1-3(6)4(7)8;;/h3,6H,1-2,5H2,(H,7,8);;/t3-;;/m0../s1. The summed E-state index contributed by atoms with van der Waals surface area (Å²) < 4.78 is 0. The van der Waals surface area contributed by atoms with Gasteiger partial charge in [0, 0.05) is 0 Å². The van der Waals surface area contributed by atoms with Crippen LogP contribution in [0.1, 0.15) is 6.42 Å². The summed E-state index contributed by atoms with van der Waals surface area (Å²) >= 11 is 0. The molecule has 0 aliphatic carbocycles. The van der Waals surface area contributed by atoms with E-state index in [0.717, 1.165) is 0 Å². The Hall–Kier alpha value is 0.390. The molecule has 0 aliphatic heterocycles. The van der Waals surface area contributed by atoms with Gasteiger partial charge in [0.15, 0.2) is 6.10 Å². The molecule has 5 heteroatoms. The Morgan fingerprint density at radius 3 is 2.22 bits per heavy atom. The molecule has 0 fully saturated rings. The van der Waals surface area contributed by atoms with Crippen LogP contribution in [0.5, 0.6) is 0 Å². The van der Waals surface area contributed by atoms with E-state index in [2.05, 4.69) is 0 Å². The van der Waals surface area contributed by atoms with Crippen LogP contribution < -0.4 is 5.73 Å². The van der Waals surface area contributed by atoms with Gasteiger partial charge >= 0.3 is 35.5 Å². The van der Waals surface area contributed by atoms with E-state index in [9.17, 15) is 4.79 Å². The Balaban J connectivity index is 0. The van der Waals surface area contributed by atoms with Crippen molar-refractivity contribution in [2.75, 3.05) is 6.54 Å². The van der Waals surface area contributed by atoms with Crippen molar-refractivity contribution in [3.8, 4) is 0 Å². The van der Waals surface area contributed by atoms with E-state index >= 15 is 0 Å². The molecule has 0 aromatic carbocycles. The van der Waals surface area contributed by atoms with Crippen molar-refractivity contribution in [2.24, 2.45) is 5.73 Å². The van der Waals surface area contributed by atoms with E-state index in [1.54, 1.807) is 0 Å². The van der Waals surface area contributed by atoms with Gasteiger partial charge in [-0.1, -0.05) is 0 Å². The molecular weight excluding hydrogens is 133 g/mol. The second kappa shape index (κ2) is 6.51. The summed E-state index contributed by atoms with van der Waals surface area (Å²) in [6.45, 7) is 0.202. The summed E-state index contributed by atoms with van der Waals surface area (Å²) in [7, 11) is 0. The SMILES string of the molecule is NCC[C@H](O)C(=O)O.[NaH].